The van der Waals surface area contributed by atoms with Crippen LogP contribution in [0.5, 0.6) is 23.0 Å². The first-order valence-electron chi connectivity index (χ1n) is 9.49. The third-order valence-corrected chi connectivity index (χ3v) is 9.94. The van der Waals surface area contributed by atoms with Gasteiger partial charge in [0.1, 0.15) is 5.75 Å². The van der Waals surface area contributed by atoms with E-state index >= 15 is 0 Å². The second-order valence-corrected chi connectivity index (χ2v) is 13.5. The van der Waals surface area contributed by atoms with Gasteiger partial charge in [0.05, 0.1) is 26.4 Å². The Morgan fingerprint density at radius 2 is 1.31 bits per heavy atom. The number of halogens is 1. The van der Waals surface area contributed by atoms with E-state index in [0.717, 1.165) is 16.9 Å². The Labute approximate surface area is 180 Å². The van der Waals surface area contributed by atoms with E-state index < -0.39 is 8.32 Å². The molecule has 0 aromatic heterocycles. The van der Waals surface area contributed by atoms with Crippen LogP contribution >= 0.6 is 11.6 Å². The van der Waals surface area contributed by atoms with Gasteiger partial charge >= 0.3 is 0 Å². The number of hydrogen-bond acceptors (Lipinski definition) is 4. The van der Waals surface area contributed by atoms with Gasteiger partial charge in [0.25, 0.3) is 8.32 Å². The third-order valence-electron chi connectivity index (χ3n) is 5.28. The van der Waals surface area contributed by atoms with Gasteiger partial charge in [0, 0.05) is 0 Å². The Bertz CT molecular complexity index is 860. The lowest BCUT2D eigenvalue weighted by Gasteiger charge is -2.36. The molecule has 0 fully saturated rings. The zero-order chi connectivity index (χ0) is 21.8. The summed E-state index contributed by atoms with van der Waals surface area (Å²) in [6.45, 7) is 11.0. The molecule has 0 N–H and O–H groups in total. The van der Waals surface area contributed by atoms with E-state index in [2.05, 4.69) is 33.9 Å². The van der Waals surface area contributed by atoms with Crippen molar-refractivity contribution in [2.24, 2.45) is 0 Å². The fourth-order valence-corrected chi connectivity index (χ4v) is 3.77. The minimum atomic E-state index is -1.98. The van der Waals surface area contributed by atoms with Crippen LogP contribution in [0.4, 0.5) is 0 Å². The van der Waals surface area contributed by atoms with Crippen molar-refractivity contribution in [3.05, 3.63) is 46.5 Å². The third kappa shape index (κ3) is 5.49. The molecular weight excluding hydrogens is 404 g/mol. The predicted molar refractivity (Wildman–Crippen MR) is 124 cm³/mol. The second-order valence-electron chi connectivity index (χ2n) is 8.34. The zero-order valence-corrected chi connectivity index (χ0v) is 20.3. The summed E-state index contributed by atoms with van der Waals surface area (Å²) in [5, 5.41) is 0.720. The SMILES string of the molecule is COc1cc(/C=C\c2ccc(Cl)c(O[Si](C)(C)C(C)(C)C)c2)cc(OC)c1OC. The van der Waals surface area contributed by atoms with Crippen LogP contribution < -0.4 is 18.6 Å². The topological polar surface area (TPSA) is 36.9 Å². The van der Waals surface area contributed by atoms with Gasteiger partial charge in [-0.1, -0.05) is 50.6 Å². The molecule has 0 atom stereocenters. The summed E-state index contributed by atoms with van der Waals surface area (Å²) < 4.78 is 22.6. The highest BCUT2D eigenvalue weighted by Gasteiger charge is 2.39. The van der Waals surface area contributed by atoms with Crippen LogP contribution in [0.1, 0.15) is 31.9 Å². The van der Waals surface area contributed by atoms with Crippen molar-refractivity contribution < 1.29 is 18.6 Å². The lowest BCUT2D eigenvalue weighted by Crippen LogP contribution is -2.43. The van der Waals surface area contributed by atoms with Gasteiger partial charge in [0.2, 0.25) is 5.75 Å². The number of benzene rings is 2. The number of ether oxygens (including phenoxy) is 3. The molecule has 0 aliphatic heterocycles. The first kappa shape index (κ1) is 23.2. The lowest BCUT2D eigenvalue weighted by molar-refractivity contribution is 0.324. The molecular formula is C23H31ClO4Si. The lowest BCUT2D eigenvalue weighted by atomic mass is 10.1. The fraction of sp³-hybridized carbons (Fsp3) is 0.391. The van der Waals surface area contributed by atoms with Crippen LogP contribution in [0.3, 0.4) is 0 Å². The Hall–Kier alpha value is -2.11. The van der Waals surface area contributed by atoms with Crippen molar-refractivity contribution in [3.63, 3.8) is 0 Å². The monoisotopic (exact) mass is 434 g/mol. The molecule has 0 saturated heterocycles. The van der Waals surface area contributed by atoms with Gasteiger partial charge in [-0.3, -0.25) is 0 Å². The summed E-state index contributed by atoms with van der Waals surface area (Å²) in [6.07, 6.45) is 4.00. The molecule has 0 heterocycles. The van der Waals surface area contributed by atoms with E-state index in [-0.39, 0.29) is 5.04 Å². The van der Waals surface area contributed by atoms with Crippen molar-refractivity contribution in [1.29, 1.82) is 0 Å². The van der Waals surface area contributed by atoms with E-state index in [4.69, 9.17) is 30.2 Å². The average molecular weight is 435 g/mol. The fourth-order valence-electron chi connectivity index (χ4n) is 2.52. The number of hydrogen-bond donors (Lipinski definition) is 0. The average Bonchev–Trinajstić information content (AvgIpc) is 2.66. The van der Waals surface area contributed by atoms with Gasteiger partial charge in [-0.25, -0.2) is 0 Å². The van der Waals surface area contributed by atoms with Crippen molar-refractivity contribution in [3.8, 4) is 23.0 Å². The van der Waals surface area contributed by atoms with Crippen LogP contribution in [-0.4, -0.2) is 29.6 Å². The molecule has 0 radical (unpaired) electrons. The summed E-state index contributed by atoms with van der Waals surface area (Å²) in [5.41, 5.74) is 1.93. The highest BCUT2D eigenvalue weighted by molar-refractivity contribution is 6.74. The molecule has 29 heavy (non-hydrogen) atoms. The number of rotatable bonds is 7. The molecule has 0 saturated carbocycles. The van der Waals surface area contributed by atoms with Crippen molar-refractivity contribution in [2.75, 3.05) is 21.3 Å². The molecule has 158 valence electrons. The molecule has 4 nitrogen and oxygen atoms in total. The molecule has 0 bridgehead atoms. The first-order valence-corrected chi connectivity index (χ1v) is 12.8. The Kier molecular flexibility index (Phi) is 7.30. The second kappa shape index (κ2) is 9.14. The largest absolute Gasteiger partial charge is 0.542 e. The molecule has 0 aliphatic rings. The molecule has 2 aromatic carbocycles. The van der Waals surface area contributed by atoms with Crippen molar-refractivity contribution >= 4 is 32.1 Å². The smallest absolute Gasteiger partial charge is 0.250 e. The van der Waals surface area contributed by atoms with Crippen LogP contribution in [-0.2, 0) is 0 Å². The Balaban J connectivity index is 2.35. The van der Waals surface area contributed by atoms with Gasteiger partial charge in [-0.05, 0) is 53.5 Å². The van der Waals surface area contributed by atoms with Crippen LogP contribution in [0.2, 0.25) is 23.2 Å². The molecule has 2 rings (SSSR count). The Morgan fingerprint density at radius 3 is 1.79 bits per heavy atom. The molecule has 0 amide bonds. The summed E-state index contributed by atoms with van der Waals surface area (Å²) in [5.74, 6) is 2.53. The van der Waals surface area contributed by atoms with Gasteiger partial charge in [-0.15, -0.1) is 0 Å². The normalized spacial score (nSPS) is 12.2. The summed E-state index contributed by atoms with van der Waals surface area (Å²) in [4.78, 5) is 0. The van der Waals surface area contributed by atoms with Crippen molar-refractivity contribution in [1.82, 2.24) is 0 Å². The zero-order valence-electron chi connectivity index (χ0n) is 18.6. The molecule has 0 aliphatic carbocycles. The summed E-state index contributed by atoms with van der Waals surface area (Å²) in [7, 11) is 2.82. The van der Waals surface area contributed by atoms with E-state index in [0.29, 0.717) is 22.3 Å². The van der Waals surface area contributed by atoms with E-state index in [9.17, 15) is 0 Å². The standard InChI is InChI=1S/C23H31ClO4Si/c1-23(2,3)29(7,8)28-19-13-16(11-12-18(19)24)9-10-17-14-20(25-4)22(27-6)21(15-17)26-5/h9-15H,1-8H3/b10-9-. The van der Waals surface area contributed by atoms with Crippen LogP contribution in [0.25, 0.3) is 12.2 Å². The molecule has 0 unspecified atom stereocenters. The first-order chi connectivity index (χ1) is 13.5. The van der Waals surface area contributed by atoms with Crippen LogP contribution in [0, 0.1) is 0 Å². The van der Waals surface area contributed by atoms with Gasteiger partial charge < -0.3 is 18.6 Å². The molecule has 6 heteroatoms. The van der Waals surface area contributed by atoms with Gasteiger partial charge in [0.15, 0.2) is 11.5 Å². The van der Waals surface area contributed by atoms with Crippen LogP contribution in [0.15, 0.2) is 30.3 Å². The van der Waals surface area contributed by atoms with Crippen molar-refractivity contribution in [2.45, 2.75) is 38.9 Å². The minimum Gasteiger partial charge on any atom is -0.542 e. The maximum Gasteiger partial charge on any atom is 0.250 e. The maximum absolute atomic E-state index is 6.41. The Morgan fingerprint density at radius 1 is 0.793 bits per heavy atom. The maximum atomic E-state index is 6.41. The highest BCUT2D eigenvalue weighted by Crippen LogP contribution is 2.40. The van der Waals surface area contributed by atoms with E-state index in [1.54, 1.807) is 21.3 Å². The summed E-state index contributed by atoms with van der Waals surface area (Å²) >= 11 is 6.41. The number of methoxy groups -OCH3 is 3. The van der Waals surface area contributed by atoms with E-state index in [1.165, 1.54) is 0 Å². The highest BCUT2D eigenvalue weighted by atomic mass is 35.5. The van der Waals surface area contributed by atoms with Gasteiger partial charge in [-0.2, -0.15) is 0 Å². The minimum absolute atomic E-state index is 0.0956. The molecule has 0 spiro atoms. The van der Waals surface area contributed by atoms with E-state index in [1.807, 2.05) is 42.5 Å². The quantitative estimate of drug-likeness (QED) is 0.350. The predicted octanol–water partition coefficient (Wildman–Crippen LogP) is 6.92. The summed E-state index contributed by atoms with van der Waals surface area (Å²) in [6, 6.07) is 9.63. The molecule has 2 aromatic rings.